The Labute approximate surface area is 124 Å². The number of rotatable bonds is 2. The molecule has 1 aromatic rings. The Hall–Kier alpha value is -1.90. The van der Waals surface area contributed by atoms with Crippen molar-refractivity contribution < 1.29 is 9.90 Å². The van der Waals surface area contributed by atoms with Crippen molar-refractivity contribution in [2.45, 2.75) is 31.4 Å². The zero-order valence-corrected chi connectivity index (χ0v) is 11.9. The Morgan fingerprint density at radius 1 is 1.10 bits per heavy atom. The highest BCUT2D eigenvalue weighted by Crippen LogP contribution is 2.26. The number of likely N-dealkylation sites (tertiary alicyclic amines) is 1. The molecule has 110 valence electrons. The average Bonchev–Trinajstić information content (AvgIpc) is 2.90. The molecule has 0 saturated carbocycles. The summed E-state index contributed by atoms with van der Waals surface area (Å²) in [6, 6.07) is 9.17. The van der Waals surface area contributed by atoms with Crippen molar-refractivity contribution in [3.05, 3.63) is 29.8 Å². The fourth-order valence-electron chi connectivity index (χ4n) is 3.17. The van der Waals surface area contributed by atoms with Crippen LogP contribution in [0.2, 0.25) is 0 Å². The summed E-state index contributed by atoms with van der Waals surface area (Å²) in [6.07, 6.45) is 2.11. The van der Waals surface area contributed by atoms with Gasteiger partial charge in [-0.05, 0) is 43.5 Å². The maximum absolute atomic E-state index is 12.6. The predicted molar refractivity (Wildman–Crippen MR) is 78.7 cm³/mol. The highest BCUT2D eigenvalue weighted by atomic mass is 16.3. The standard InChI is InChI=1S/C16H19N3O2/c17-11-12-1-3-13(4-2-12)19-10-7-15(16(19)21)18-8-5-14(20)6-9-18/h1-4,14-15,20H,5-10H2. The minimum atomic E-state index is -0.215. The zero-order chi connectivity index (χ0) is 14.8. The molecule has 0 radical (unpaired) electrons. The van der Waals surface area contributed by atoms with E-state index in [1.165, 1.54) is 0 Å². The van der Waals surface area contributed by atoms with Gasteiger partial charge < -0.3 is 10.0 Å². The molecule has 5 heteroatoms. The van der Waals surface area contributed by atoms with Gasteiger partial charge in [0.05, 0.1) is 23.8 Å². The van der Waals surface area contributed by atoms with Crippen LogP contribution in [0.15, 0.2) is 24.3 Å². The number of aliphatic hydroxyl groups excluding tert-OH is 1. The molecule has 3 rings (SSSR count). The first kappa shape index (κ1) is 14.1. The van der Waals surface area contributed by atoms with Gasteiger partial charge in [-0.1, -0.05) is 0 Å². The molecule has 1 amide bonds. The second-order valence-electron chi connectivity index (χ2n) is 5.72. The van der Waals surface area contributed by atoms with E-state index in [-0.39, 0.29) is 18.1 Å². The van der Waals surface area contributed by atoms with Gasteiger partial charge in [0.1, 0.15) is 0 Å². The molecule has 2 fully saturated rings. The lowest BCUT2D eigenvalue weighted by atomic mass is 10.1. The van der Waals surface area contributed by atoms with Crippen molar-refractivity contribution in [1.29, 1.82) is 5.26 Å². The normalized spacial score (nSPS) is 24.3. The van der Waals surface area contributed by atoms with E-state index in [1.807, 2.05) is 12.1 Å². The molecule has 2 aliphatic rings. The van der Waals surface area contributed by atoms with Crippen molar-refractivity contribution in [2.24, 2.45) is 0 Å². The summed E-state index contributed by atoms with van der Waals surface area (Å²) in [6.45, 7) is 2.30. The highest BCUT2D eigenvalue weighted by molar-refractivity contribution is 5.99. The van der Waals surface area contributed by atoms with E-state index < -0.39 is 0 Å². The summed E-state index contributed by atoms with van der Waals surface area (Å²) in [5.74, 6) is 0.135. The van der Waals surface area contributed by atoms with Gasteiger partial charge in [0.2, 0.25) is 5.91 Å². The van der Waals surface area contributed by atoms with Gasteiger partial charge in [0.25, 0.3) is 0 Å². The smallest absolute Gasteiger partial charge is 0.244 e. The van der Waals surface area contributed by atoms with E-state index in [0.29, 0.717) is 12.1 Å². The molecular weight excluding hydrogens is 266 g/mol. The van der Waals surface area contributed by atoms with Crippen LogP contribution >= 0.6 is 0 Å². The van der Waals surface area contributed by atoms with Crippen LogP contribution in [-0.4, -0.2) is 47.7 Å². The fourth-order valence-corrected chi connectivity index (χ4v) is 3.17. The SMILES string of the molecule is N#Cc1ccc(N2CCC(N3CCC(O)CC3)C2=O)cc1. The summed E-state index contributed by atoms with van der Waals surface area (Å²) in [4.78, 5) is 16.6. The summed E-state index contributed by atoms with van der Waals surface area (Å²) >= 11 is 0. The number of aliphatic hydroxyl groups is 1. The third-order valence-electron chi connectivity index (χ3n) is 4.43. The van der Waals surface area contributed by atoms with Gasteiger partial charge in [0, 0.05) is 25.3 Å². The first-order chi connectivity index (χ1) is 10.2. The number of hydrogen-bond acceptors (Lipinski definition) is 4. The Balaban J connectivity index is 1.69. The molecule has 0 aliphatic carbocycles. The fraction of sp³-hybridized carbons (Fsp3) is 0.500. The average molecular weight is 285 g/mol. The van der Waals surface area contributed by atoms with Gasteiger partial charge in [-0.15, -0.1) is 0 Å². The minimum Gasteiger partial charge on any atom is -0.393 e. The van der Waals surface area contributed by atoms with Gasteiger partial charge >= 0.3 is 0 Å². The third kappa shape index (κ3) is 2.78. The first-order valence-corrected chi connectivity index (χ1v) is 7.42. The Morgan fingerprint density at radius 3 is 2.38 bits per heavy atom. The lowest BCUT2D eigenvalue weighted by Gasteiger charge is -2.33. The topological polar surface area (TPSA) is 67.6 Å². The van der Waals surface area contributed by atoms with Crippen LogP contribution in [0.5, 0.6) is 0 Å². The van der Waals surface area contributed by atoms with E-state index in [1.54, 1.807) is 17.0 Å². The van der Waals surface area contributed by atoms with Crippen LogP contribution < -0.4 is 4.90 Å². The van der Waals surface area contributed by atoms with Crippen LogP contribution in [0.4, 0.5) is 5.69 Å². The lowest BCUT2D eigenvalue weighted by molar-refractivity contribution is -0.122. The largest absolute Gasteiger partial charge is 0.393 e. The number of carbonyl (C=O) groups is 1. The Bertz CT molecular complexity index is 556. The molecule has 0 bridgehead atoms. The summed E-state index contributed by atoms with van der Waals surface area (Å²) in [5, 5.41) is 18.4. The Morgan fingerprint density at radius 2 is 1.76 bits per heavy atom. The van der Waals surface area contributed by atoms with Crippen molar-refractivity contribution in [3.8, 4) is 6.07 Å². The summed E-state index contributed by atoms with van der Waals surface area (Å²) in [5.41, 5.74) is 1.46. The van der Waals surface area contributed by atoms with Gasteiger partial charge in [0.15, 0.2) is 0 Å². The molecule has 1 N–H and O–H groups in total. The number of hydrogen-bond donors (Lipinski definition) is 1. The monoisotopic (exact) mass is 285 g/mol. The van der Waals surface area contributed by atoms with Crippen LogP contribution in [0.25, 0.3) is 0 Å². The molecular formula is C16H19N3O2. The van der Waals surface area contributed by atoms with E-state index in [4.69, 9.17) is 5.26 Å². The number of nitrogens with zero attached hydrogens (tertiary/aromatic N) is 3. The van der Waals surface area contributed by atoms with Crippen LogP contribution in [-0.2, 0) is 4.79 Å². The van der Waals surface area contributed by atoms with E-state index in [2.05, 4.69) is 11.0 Å². The van der Waals surface area contributed by atoms with E-state index >= 15 is 0 Å². The van der Waals surface area contributed by atoms with E-state index in [0.717, 1.165) is 38.0 Å². The molecule has 1 aromatic carbocycles. The summed E-state index contributed by atoms with van der Waals surface area (Å²) in [7, 11) is 0. The van der Waals surface area contributed by atoms with Crippen molar-refractivity contribution in [3.63, 3.8) is 0 Å². The Kier molecular flexibility index (Phi) is 3.91. The van der Waals surface area contributed by atoms with Crippen molar-refractivity contribution in [2.75, 3.05) is 24.5 Å². The molecule has 2 heterocycles. The van der Waals surface area contributed by atoms with Gasteiger partial charge in [-0.2, -0.15) is 5.26 Å². The number of benzene rings is 1. The van der Waals surface area contributed by atoms with Crippen LogP contribution in [0, 0.1) is 11.3 Å². The predicted octanol–water partition coefficient (Wildman–Crippen LogP) is 1.12. The molecule has 0 aromatic heterocycles. The molecule has 5 nitrogen and oxygen atoms in total. The minimum absolute atomic E-state index is 0.0619. The maximum Gasteiger partial charge on any atom is 0.244 e. The second-order valence-corrected chi connectivity index (χ2v) is 5.72. The summed E-state index contributed by atoms with van der Waals surface area (Å²) < 4.78 is 0. The number of nitriles is 1. The second kappa shape index (κ2) is 5.84. The lowest BCUT2D eigenvalue weighted by Crippen LogP contribution is -2.46. The third-order valence-corrected chi connectivity index (χ3v) is 4.43. The number of carbonyl (C=O) groups excluding carboxylic acids is 1. The number of amides is 1. The highest BCUT2D eigenvalue weighted by Gasteiger charge is 2.37. The van der Waals surface area contributed by atoms with Crippen molar-refractivity contribution in [1.82, 2.24) is 4.90 Å². The number of anilines is 1. The molecule has 1 unspecified atom stereocenters. The molecule has 2 aliphatic heterocycles. The van der Waals surface area contributed by atoms with E-state index in [9.17, 15) is 9.90 Å². The maximum atomic E-state index is 12.6. The first-order valence-electron chi connectivity index (χ1n) is 7.42. The number of piperidine rings is 1. The van der Waals surface area contributed by atoms with Crippen molar-refractivity contribution >= 4 is 11.6 Å². The van der Waals surface area contributed by atoms with Gasteiger partial charge in [-0.25, -0.2) is 0 Å². The van der Waals surface area contributed by atoms with Crippen LogP contribution in [0.3, 0.4) is 0 Å². The van der Waals surface area contributed by atoms with Crippen LogP contribution in [0.1, 0.15) is 24.8 Å². The molecule has 1 atom stereocenters. The molecule has 0 spiro atoms. The molecule has 2 saturated heterocycles. The molecule has 21 heavy (non-hydrogen) atoms. The zero-order valence-electron chi connectivity index (χ0n) is 11.9. The van der Waals surface area contributed by atoms with Gasteiger partial charge in [-0.3, -0.25) is 9.69 Å². The quantitative estimate of drug-likeness (QED) is 0.884.